The predicted molar refractivity (Wildman–Crippen MR) is 253 cm³/mol. The maximum absolute atomic E-state index is 7.11. The van der Waals surface area contributed by atoms with Gasteiger partial charge >= 0.3 is 0 Å². The highest BCUT2D eigenvalue weighted by Crippen LogP contribution is 2.50. The zero-order valence-electron chi connectivity index (χ0n) is 32.1. The number of para-hydroxylation sites is 2. The van der Waals surface area contributed by atoms with Crippen molar-refractivity contribution in [1.29, 1.82) is 0 Å². The third-order valence-corrected chi connectivity index (χ3v) is 12.2. The molecular weight excluding hydrogens is 691 g/mol. The van der Waals surface area contributed by atoms with Crippen LogP contribution in [0.1, 0.15) is 25.0 Å². The highest BCUT2D eigenvalue weighted by molar-refractivity contribution is 6.71. The molecule has 10 rings (SSSR count). The van der Waals surface area contributed by atoms with Crippen LogP contribution in [0.15, 0.2) is 121 Å². The lowest BCUT2D eigenvalue weighted by atomic mass is 9.59. The van der Waals surface area contributed by atoms with Crippen LogP contribution in [-0.2, 0) is 5.41 Å². The fourth-order valence-corrected chi connectivity index (χ4v) is 9.25. The molecule has 252 valence electrons. The van der Waals surface area contributed by atoms with Gasteiger partial charge in [-0.25, -0.2) is 4.98 Å². The summed E-state index contributed by atoms with van der Waals surface area (Å²) in [4.78, 5) is 5.08. The van der Waals surface area contributed by atoms with Crippen LogP contribution in [0.25, 0.3) is 83.0 Å². The van der Waals surface area contributed by atoms with Crippen molar-refractivity contribution in [3.05, 3.63) is 132 Å². The van der Waals surface area contributed by atoms with Crippen molar-refractivity contribution in [2.75, 3.05) is 0 Å². The largest absolute Gasteiger partial charge is 0.292 e. The summed E-state index contributed by atoms with van der Waals surface area (Å²) in [7, 11) is 55.3. The quantitative estimate of drug-likeness (QED) is 0.203. The monoisotopic (exact) mass is 718 g/mol. The van der Waals surface area contributed by atoms with Gasteiger partial charge in [-0.3, -0.25) is 4.57 Å². The molecule has 0 saturated carbocycles. The SMILES string of the molecule is [B]c1c([B])c([B])c2c(-c3ccc4c(c3)C(C)(C)c3ccccc3-4)c3c([B])c([B])c([B])c([B])c3c(-c3cccc(-n4c(-c5ccccc5)nc5ccccc54)c3)c2c1[B]. The van der Waals surface area contributed by atoms with Gasteiger partial charge in [-0.2, -0.15) is 0 Å². The summed E-state index contributed by atoms with van der Waals surface area (Å²) in [6.07, 6.45) is 0. The van der Waals surface area contributed by atoms with Gasteiger partial charge < -0.3 is 0 Å². The lowest BCUT2D eigenvalue weighted by molar-refractivity contribution is 0.660. The molecule has 0 bridgehead atoms. The van der Waals surface area contributed by atoms with E-state index in [2.05, 4.69) is 73.0 Å². The molecule has 2 nitrogen and oxygen atoms in total. The molecule has 0 spiro atoms. The van der Waals surface area contributed by atoms with E-state index in [1.807, 2.05) is 66.7 Å². The standard InChI is InChI=1S/C48H26B8N2/c1-48(2)29-16-7-6-15-27(29)28-20-19-25(22-30(28)48)34-37-35(39(49)43(53)45(55)41(37)51)33(36-38(34)42(52)46(56)44(54)40(36)50)24-13-10-14-26(21-24)58-32-18-9-8-17-31(32)57-47(58)23-11-4-3-5-12-23/h3-22H,1-2H3. The second-order valence-corrected chi connectivity index (χ2v) is 15.7. The van der Waals surface area contributed by atoms with Gasteiger partial charge in [0, 0.05) is 16.7 Å². The molecule has 8 aromatic carbocycles. The minimum absolute atomic E-state index is 0.167. The Balaban J connectivity index is 1.35. The first-order valence-electron chi connectivity index (χ1n) is 19.1. The van der Waals surface area contributed by atoms with Gasteiger partial charge in [0.15, 0.2) is 0 Å². The molecule has 0 fully saturated rings. The minimum Gasteiger partial charge on any atom is -0.292 e. The first kappa shape index (κ1) is 36.6. The Bertz CT molecular complexity index is 3160. The van der Waals surface area contributed by atoms with Gasteiger partial charge in [-0.05, 0) is 96.4 Å². The number of hydrogen-bond acceptors (Lipinski definition) is 1. The summed E-state index contributed by atoms with van der Waals surface area (Å²) in [6.45, 7) is 4.47. The third kappa shape index (κ3) is 5.06. The van der Waals surface area contributed by atoms with Crippen molar-refractivity contribution >= 4 is 139 Å². The molecule has 10 heteroatoms. The van der Waals surface area contributed by atoms with Crippen LogP contribution in [0.2, 0.25) is 0 Å². The molecule has 16 radical (unpaired) electrons. The van der Waals surface area contributed by atoms with Crippen LogP contribution in [0.5, 0.6) is 0 Å². The van der Waals surface area contributed by atoms with Crippen molar-refractivity contribution in [1.82, 2.24) is 9.55 Å². The maximum Gasteiger partial charge on any atom is 0.145 e. The Morgan fingerprint density at radius 3 is 1.55 bits per heavy atom. The fraction of sp³-hybridized carbons (Fsp3) is 0.0625. The summed E-state index contributed by atoms with van der Waals surface area (Å²) in [6, 6.07) is 41.2. The molecule has 0 saturated heterocycles. The highest BCUT2D eigenvalue weighted by atomic mass is 15.1. The van der Waals surface area contributed by atoms with Crippen molar-refractivity contribution in [3.8, 4) is 50.5 Å². The number of rotatable bonds is 4. The molecule has 0 amide bonds. The van der Waals surface area contributed by atoms with Gasteiger partial charge in [0.25, 0.3) is 0 Å². The van der Waals surface area contributed by atoms with Crippen LogP contribution in [0.4, 0.5) is 0 Å². The Hall–Kier alpha value is -5.73. The van der Waals surface area contributed by atoms with E-state index in [-0.39, 0.29) is 49.1 Å². The molecule has 0 aliphatic heterocycles. The smallest absolute Gasteiger partial charge is 0.145 e. The number of imidazole rings is 1. The molecule has 1 aliphatic carbocycles. The molecule has 1 aliphatic rings. The van der Waals surface area contributed by atoms with E-state index >= 15 is 0 Å². The molecular formula is C48H26B8N2. The lowest BCUT2D eigenvalue weighted by Gasteiger charge is -2.29. The second-order valence-electron chi connectivity index (χ2n) is 15.7. The summed E-state index contributed by atoms with van der Waals surface area (Å²) in [5.41, 5.74) is 12.7. The summed E-state index contributed by atoms with van der Waals surface area (Å²) < 4.78 is 2.14. The van der Waals surface area contributed by atoms with Crippen molar-refractivity contribution in [2.45, 2.75) is 19.3 Å². The van der Waals surface area contributed by atoms with Crippen molar-refractivity contribution < 1.29 is 0 Å². The van der Waals surface area contributed by atoms with Crippen LogP contribution >= 0.6 is 0 Å². The summed E-state index contributed by atoms with van der Waals surface area (Å²) >= 11 is 0. The zero-order valence-corrected chi connectivity index (χ0v) is 32.1. The topological polar surface area (TPSA) is 17.8 Å². The molecule has 0 N–H and O–H groups in total. The van der Waals surface area contributed by atoms with Gasteiger partial charge in [0.2, 0.25) is 0 Å². The summed E-state index contributed by atoms with van der Waals surface area (Å²) in [5, 5.41) is 2.30. The average Bonchev–Trinajstić information content (AvgIpc) is 3.75. The predicted octanol–water partition coefficient (Wildman–Crippen LogP) is 2.99. The summed E-state index contributed by atoms with van der Waals surface area (Å²) in [5.74, 6) is 0.784. The highest BCUT2D eigenvalue weighted by Gasteiger charge is 2.36. The number of hydrogen-bond donors (Lipinski definition) is 0. The Labute approximate surface area is 349 Å². The molecule has 1 heterocycles. The Kier molecular flexibility index (Phi) is 8.30. The maximum atomic E-state index is 7.11. The van der Waals surface area contributed by atoms with Gasteiger partial charge in [0.05, 0.1) is 11.0 Å². The number of aromatic nitrogens is 2. The number of nitrogens with zero attached hydrogens (tertiary/aromatic N) is 2. The number of fused-ring (bicyclic) bond motifs is 6. The molecule has 58 heavy (non-hydrogen) atoms. The van der Waals surface area contributed by atoms with Gasteiger partial charge in [-0.15, -0.1) is 21.9 Å². The Morgan fingerprint density at radius 1 is 0.431 bits per heavy atom. The third-order valence-electron chi connectivity index (χ3n) is 12.2. The first-order valence-corrected chi connectivity index (χ1v) is 19.1. The van der Waals surface area contributed by atoms with E-state index in [4.69, 9.17) is 67.8 Å². The van der Waals surface area contributed by atoms with Crippen LogP contribution in [0.3, 0.4) is 0 Å². The zero-order chi connectivity index (χ0) is 40.4. The van der Waals surface area contributed by atoms with E-state index in [1.54, 1.807) is 0 Å². The lowest BCUT2D eigenvalue weighted by Crippen LogP contribution is -2.50. The molecule has 0 atom stereocenters. The van der Waals surface area contributed by atoms with E-state index < -0.39 is 0 Å². The molecule has 9 aromatic rings. The van der Waals surface area contributed by atoms with Gasteiger partial charge in [-0.1, -0.05) is 127 Å². The molecule has 1 aromatic heterocycles. The van der Waals surface area contributed by atoms with E-state index in [0.29, 0.717) is 32.7 Å². The first-order chi connectivity index (χ1) is 27.9. The minimum atomic E-state index is -0.300. The van der Waals surface area contributed by atoms with Crippen molar-refractivity contribution in [3.63, 3.8) is 0 Å². The van der Waals surface area contributed by atoms with Crippen LogP contribution in [-0.4, -0.2) is 72.3 Å². The van der Waals surface area contributed by atoms with Gasteiger partial charge in [0.1, 0.15) is 68.6 Å². The van der Waals surface area contributed by atoms with E-state index in [9.17, 15) is 0 Å². The van der Waals surface area contributed by atoms with E-state index in [0.717, 1.165) is 50.4 Å². The molecule has 0 unspecified atom stereocenters. The fourth-order valence-electron chi connectivity index (χ4n) is 9.25. The normalized spacial score (nSPS) is 13.0. The average molecular weight is 717 g/mol. The Morgan fingerprint density at radius 2 is 0.931 bits per heavy atom. The number of benzene rings is 8. The van der Waals surface area contributed by atoms with E-state index in [1.165, 1.54) is 11.1 Å². The van der Waals surface area contributed by atoms with Crippen LogP contribution < -0.4 is 43.7 Å². The van der Waals surface area contributed by atoms with Crippen LogP contribution in [0, 0.1) is 0 Å². The second kappa shape index (κ2) is 13.1. The van der Waals surface area contributed by atoms with Crippen molar-refractivity contribution in [2.24, 2.45) is 0 Å².